The molecule has 1 fully saturated rings. The Morgan fingerprint density at radius 3 is 3.00 bits per heavy atom. The maximum Gasteiger partial charge on any atom is 0.123 e. The van der Waals surface area contributed by atoms with E-state index in [1.807, 2.05) is 31.2 Å². The van der Waals surface area contributed by atoms with Crippen molar-refractivity contribution in [3.05, 3.63) is 24.3 Å². The number of hydrogen-bond donors (Lipinski definition) is 1. The minimum Gasteiger partial charge on any atom is -0.494 e. The Balaban J connectivity index is 1.94. The van der Waals surface area contributed by atoms with Crippen molar-refractivity contribution in [2.45, 2.75) is 25.9 Å². The standard InChI is InChI=1S/C13H19NO2/c1-2-15-11-5-3-6-12(9-11)16-13-7-4-8-14-10-13/h3,5-6,9,13-14H,2,4,7-8,10H2,1H3. The zero-order valence-electron chi connectivity index (χ0n) is 9.74. The molecule has 16 heavy (non-hydrogen) atoms. The van der Waals surface area contributed by atoms with Crippen LogP contribution in [0.2, 0.25) is 0 Å². The van der Waals surface area contributed by atoms with E-state index in [1.54, 1.807) is 0 Å². The highest BCUT2D eigenvalue weighted by Gasteiger charge is 2.14. The third kappa shape index (κ3) is 3.14. The zero-order chi connectivity index (χ0) is 11.2. The molecule has 3 nitrogen and oxygen atoms in total. The smallest absolute Gasteiger partial charge is 0.123 e. The minimum atomic E-state index is 0.297. The molecule has 1 aliphatic heterocycles. The van der Waals surface area contributed by atoms with Gasteiger partial charge in [-0.15, -0.1) is 0 Å². The summed E-state index contributed by atoms with van der Waals surface area (Å²) in [6, 6.07) is 7.86. The molecule has 1 aromatic carbocycles. The van der Waals surface area contributed by atoms with Crippen molar-refractivity contribution in [3.63, 3.8) is 0 Å². The van der Waals surface area contributed by atoms with Gasteiger partial charge in [0.1, 0.15) is 17.6 Å². The van der Waals surface area contributed by atoms with Crippen molar-refractivity contribution >= 4 is 0 Å². The van der Waals surface area contributed by atoms with Crippen LogP contribution in [0.15, 0.2) is 24.3 Å². The maximum absolute atomic E-state index is 5.90. The monoisotopic (exact) mass is 221 g/mol. The average Bonchev–Trinajstić information content (AvgIpc) is 2.31. The van der Waals surface area contributed by atoms with Gasteiger partial charge in [-0.25, -0.2) is 0 Å². The van der Waals surface area contributed by atoms with Gasteiger partial charge < -0.3 is 14.8 Å². The van der Waals surface area contributed by atoms with E-state index in [-0.39, 0.29) is 0 Å². The summed E-state index contributed by atoms with van der Waals surface area (Å²) in [5.41, 5.74) is 0. The van der Waals surface area contributed by atoms with E-state index in [1.165, 1.54) is 6.42 Å². The largest absolute Gasteiger partial charge is 0.494 e. The predicted molar refractivity (Wildman–Crippen MR) is 64.1 cm³/mol. The highest BCUT2D eigenvalue weighted by Crippen LogP contribution is 2.21. The molecule has 1 heterocycles. The molecule has 0 bridgehead atoms. The van der Waals surface area contributed by atoms with Crippen molar-refractivity contribution in [3.8, 4) is 11.5 Å². The SMILES string of the molecule is CCOc1cccc(OC2CCCNC2)c1. The molecule has 0 spiro atoms. The normalized spacial score (nSPS) is 20.4. The van der Waals surface area contributed by atoms with Gasteiger partial charge in [0.2, 0.25) is 0 Å². The fourth-order valence-electron chi connectivity index (χ4n) is 1.92. The highest BCUT2D eigenvalue weighted by molar-refractivity contribution is 5.33. The predicted octanol–water partition coefficient (Wildman–Crippen LogP) is 2.22. The third-order valence-corrected chi connectivity index (χ3v) is 2.67. The Kier molecular flexibility index (Phi) is 4.05. The molecule has 1 saturated heterocycles. The summed E-state index contributed by atoms with van der Waals surface area (Å²) in [6.45, 7) is 4.73. The average molecular weight is 221 g/mol. The molecule has 0 amide bonds. The lowest BCUT2D eigenvalue weighted by Crippen LogP contribution is -2.37. The van der Waals surface area contributed by atoms with Gasteiger partial charge in [0.25, 0.3) is 0 Å². The summed E-state index contributed by atoms with van der Waals surface area (Å²) in [4.78, 5) is 0. The van der Waals surface area contributed by atoms with E-state index in [0.29, 0.717) is 12.7 Å². The molecule has 1 aliphatic rings. The maximum atomic E-state index is 5.90. The Morgan fingerprint density at radius 2 is 2.25 bits per heavy atom. The van der Waals surface area contributed by atoms with Crippen LogP contribution in [0.5, 0.6) is 11.5 Å². The lowest BCUT2D eigenvalue weighted by molar-refractivity contribution is 0.166. The number of ether oxygens (including phenoxy) is 2. The van der Waals surface area contributed by atoms with Crippen LogP contribution >= 0.6 is 0 Å². The van der Waals surface area contributed by atoms with Gasteiger partial charge in [-0.2, -0.15) is 0 Å². The summed E-state index contributed by atoms with van der Waals surface area (Å²) in [6.07, 6.45) is 2.62. The van der Waals surface area contributed by atoms with Crippen LogP contribution in [0.1, 0.15) is 19.8 Å². The van der Waals surface area contributed by atoms with Crippen LogP contribution in [-0.4, -0.2) is 25.8 Å². The molecule has 3 heteroatoms. The Bertz CT molecular complexity index is 321. The van der Waals surface area contributed by atoms with Crippen LogP contribution in [-0.2, 0) is 0 Å². The van der Waals surface area contributed by atoms with Gasteiger partial charge in [0, 0.05) is 12.6 Å². The number of benzene rings is 1. The van der Waals surface area contributed by atoms with Crippen molar-refractivity contribution in [1.29, 1.82) is 0 Å². The Labute approximate surface area is 96.8 Å². The van der Waals surface area contributed by atoms with E-state index in [9.17, 15) is 0 Å². The lowest BCUT2D eigenvalue weighted by Gasteiger charge is -2.24. The first-order valence-corrected chi connectivity index (χ1v) is 5.98. The lowest BCUT2D eigenvalue weighted by atomic mass is 10.1. The highest BCUT2D eigenvalue weighted by atomic mass is 16.5. The molecule has 1 N–H and O–H groups in total. The molecule has 2 rings (SSSR count). The molecule has 1 atom stereocenters. The van der Waals surface area contributed by atoms with E-state index in [0.717, 1.165) is 31.0 Å². The van der Waals surface area contributed by atoms with Crippen LogP contribution in [0.25, 0.3) is 0 Å². The van der Waals surface area contributed by atoms with Crippen molar-refractivity contribution in [2.75, 3.05) is 19.7 Å². The van der Waals surface area contributed by atoms with E-state index in [4.69, 9.17) is 9.47 Å². The van der Waals surface area contributed by atoms with Crippen LogP contribution < -0.4 is 14.8 Å². The quantitative estimate of drug-likeness (QED) is 0.845. The molecule has 88 valence electrons. The molecule has 0 aromatic heterocycles. The first-order valence-electron chi connectivity index (χ1n) is 5.98. The fourth-order valence-corrected chi connectivity index (χ4v) is 1.92. The van der Waals surface area contributed by atoms with Gasteiger partial charge in [-0.05, 0) is 38.4 Å². The summed E-state index contributed by atoms with van der Waals surface area (Å²) in [5.74, 6) is 1.78. The second-order valence-electron chi connectivity index (χ2n) is 3.99. The third-order valence-electron chi connectivity index (χ3n) is 2.67. The van der Waals surface area contributed by atoms with Gasteiger partial charge >= 0.3 is 0 Å². The first-order chi connectivity index (χ1) is 7.88. The van der Waals surface area contributed by atoms with Crippen LogP contribution in [0, 0.1) is 0 Å². The Morgan fingerprint density at radius 1 is 1.38 bits per heavy atom. The van der Waals surface area contributed by atoms with Crippen LogP contribution in [0.3, 0.4) is 0 Å². The van der Waals surface area contributed by atoms with Crippen LogP contribution in [0.4, 0.5) is 0 Å². The van der Waals surface area contributed by atoms with E-state index < -0.39 is 0 Å². The fraction of sp³-hybridized carbons (Fsp3) is 0.538. The number of nitrogens with one attached hydrogen (secondary N) is 1. The van der Waals surface area contributed by atoms with Crippen molar-refractivity contribution in [2.24, 2.45) is 0 Å². The molecule has 1 unspecified atom stereocenters. The molecule has 0 radical (unpaired) electrons. The molecule has 0 saturated carbocycles. The summed E-state index contributed by atoms with van der Waals surface area (Å²) < 4.78 is 11.3. The molecule has 0 aliphatic carbocycles. The molecular weight excluding hydrogens is 202 g/mol. The second kappa shape index (κ2) is 5.75. The van der Waals surface area contributed by atoms with Gasteiger partial charge in [0.15, 0.2) is 0 Å². The number of hydrogen-bond acceptors (Lipinski definition) is 3. The molecule has 1 aromatic rings. The van der Waals surface area contributed by atoms with Gasteiger partial charge in [0.05, 0.1) is 6.61 Å². The van der Waals surface area contributed by atoms with Crippen molar-refractivity contribution in [1.82, 2.24) is 5.32 Å². The number of rotatable bonds is 4. The summed E-state index contributed by atoms with van der Waals surface area (Å²) in [7, 11) is 0. The van der Waals surface area contributed by atoms with Gasteiger partial charge in [-0.3, -0.25) is 0 Å². The number of piperidine rings is 1. The summed E-state index contributed by atoms with van der Waals surface area (Å²) >= 11 is 0. The zero-order valence-corrected chi connectivity index (χ0v) is 9.74. The van der Waals surface area contributed by atoms with Gasteiger partial charge in [-0.1, -0.05) is 6.07 Å². The van der Waals surface area contributed by atoms with Crippen molar-refractivity contribution < 1.29 is 9.47 Å². The Hall–Kier alpha value is -1.22. The topological polar surface area (TPSA) is 30.5 Å². The van der Waals surface area contributed by atoms with E-state index >= 15 is 0 Å². The first kappa shape index (κ1) is 11.3. The van der Waals surface area contributed by atoms with E-state index in [2.05, 4.69) is 5.32 Å². The second-order valence-corrected chi connectivity index (χ2v) is 3.99. The minimum absolute atomic E-state index is 0.297. The summed E-state index contributed by atoms with van der Waals surface area (Å²) in [5, 5.41) is 3.34. The molecular formula is C13H19NO2.